The second-order valence-corrected chi connectivity index (χ2v) is 10.9. The summed E-state index contributed by atoms with van der Waals surface area (Å²) in [6, 6.07) is 4.62. The van der Waals surface area contributed by atoms with Crippen LogP contribution in [0.1, 0.15) is 40.0 Å². The van der Waals surface area contributed by atoms with Crippen LogP contribution in [-0.2, 0) is 9.59 Å². The van der Waals surface area contributed by atoms with Crippen LogP contribution >= 0.6 is 0 Å². The average Bonchev–Trinajstić information content (AvgIpc) is 3.54. The van der Waals surface area contributed by atoms with Crippen LogP contribution in [0, 0.1) is 0 Å². The molecule has 2 aromatic carbocycles. The smallest absolute Gasteiger partial charge is 0.256 e. The summed E-state index contributed by atoms with van der Waals surface area (Å²) in [5.74, 6) is -0.241. The lowest BCUT2D eigenvalue weighted by Gasteiger charge is -2.20. The molecule has 4 atom stereocenters. The number of hydrogen-bond donors (Lipinski definition) is 4. The summed E-state index contributed by atoms with van der Waals surface area (Å²) in [5, 5.41) is 25.5. The topological polar surface area (TPSA) is 176 Å². The highest BCUT2D eigenvalue weighted by molar-refractivity contribution is 6.11. The summed E-state index contributed by atoms with van der Waals surface area (Å²) in [7, 11) is 2.89. The summed E-state index contributed by atoms with van der Waals surface area (Å²) in [6.07, 6.45) is -0.751. The average molecular weight is 597 g/mol. The molecule has 0 bridgehead atoms. The van der Waals surface area contributed by atoms with E-state index in [4.69, 9.17) is 18.9 Å². The van der Waals surface area contributed by atoms with Crippen LogP contribution in [0.3, 0.4) is 0 Å². The van der Waals surface area contributed by atoms with Gasteiger partial charge in [-0.1, -0.05) is 0 Å². The number of ether oxygens (including phenoxy) is 4. The van der Waals surface area contributed by atoms with Gasteiger partial charge in [0, 0.05) is 44.5 Å². The zero-order valence-electron chi connectivity index (χ0n) is 23.6. The summed E-state index contributed by atoms with van der Waals surface area (Å²) < 4.78 is 22.7. The summed E-state index contributed by atoms with van der Waals surface area (Å²) in [6.45, 7) is 0.550. The fraction of sp³-hybridized carbons (Fsp3) is 0.448. The highest BCUT2D eigenvalue weighted by Gasteiger charge is 2.44. The van der Waals surface area contributed by atoms with Crippen molar-refractivity contribution in [3.8, 4) is 23.0 Å². The van der Waals surface area contributed by atoms with Crippen molar-refractivity contribution in [3.63, 3.8) is 0 Å². The zero-order valence-corrected chi connectivity index (χ0v) is 23.6. The third-order valence-corrected chi connectivity index (χ3v) is 8.07. The molecular weight excluding hydrogens is 564 g/mol. The van der Waals surface area contributed by atoms with Gasteiger partial charge < -0.3 is 49.6 Å². The Morgan fingerprint density at radius 3 is 1.51 bits per heavy atom. The van der Waals surface area contributed by atoms with Gasteiger partial charge in [0.05, 0.1) is 62.1 Å². The number of aliphatic hydroxyl groups is 2. The first-order valence-electron chi connectivity index (χ1n) is 14.0. The van der Waals surface area contributed by atoms with Gasteiger partial charge in [-0.25, -0.2) is 0 Å². The lowest BCUT2D eigenvalue weighted by atomic mass is 10.1. The van der Waals surface area contributed by atoms with Crippen molar-refractivity contribution in [1.82, 2.24) is 9.80 Å². The van der Waals surface area contributed by atoms with Gasteiger partial charge in [0.1, 0.15) is 12.1 Å². The number of hydrogen-bond acceptors (Lipinski definition) is 10. The predicted molar refractivity (Wildman–Crippen MR) is 150 cm³/mol. The quantitative estimate of drug-likeness (QED) is 0.316. The molecule has 4 amide bonds. The van der Waals surface area contributed by atoms with Gasteiger partial charge in [0.25, 0.3) is 11.8 Å². The SMILES string of the molecule is COc1cc2c(cc1OCCCOc1cc3c(cc1OC)C(=O)N1C[C@H](O)C[C@H]1C(=O)N3)NC(=O)C1C[C@@H](O)CN1C2=O. The van der Waals surface area contributed by atoms with Crippen LogP contribution in [0.4, 0.5) is 11.4 Å². The predicted octanol–water partition coefficient (Wildman–Crippen LogP) is 0.607. The van der Waals surface area contributed by atoms with Crippen LogP contribution in [0.25, 0.3) is 0 Å². The minimum absolute atomic E-state index is 0.0811. The fourth-order valence-corrected chi connectivity index (χ4v) is 5.96. The Morgan fingerprint density at radius 2 is 1.12 bits per heavy atom. The van der Waals surface area contributed by atoms with Gasteiger partial charge >= 0.3 is 0 Å². The number of nitrogens with one attached hydrogen (secondary N) is 2. The molecule has 6 rings (SSSR count). The minimum atomic E-state index is -0.757. The molecule has 0 aromatic heterocycles. The van der Waals surface area contributed by atoms with Crippen molar-refractivity contribution in [2.24, 2.45) is 0 Å². The molecule has 0 saturated carbocycles. The molecule has 0 aliphatic carbocycles. The van der Waals surface area contributed by atoms with Gasteiger partial charge in [0.15, 0.2) is 23.0 Å². The Kier molecular flexibility index (Phi) is 7.48. The number of nitrogens with zero attached hydrogens (tertiary/aromatic N) is 2. The van der Waals surface area contributed by atoms with Crippen LogP contribution in [-0.4, -0.2) is 108 Å². The minimum Gasteiger partial charge on any atom is -0.493 e. The summed E-state index contributed by atoms with van der Waals surface area (Å²) in [4.78, 5) is 54.5. The normalized spacial score (nSPS) is 24.2. The number of aliphatic hydroxyl groups excluding tert-OH is 2. The molecule has 2 aromatic rings. The van der Waals surface area contributed by atoms with Crippen molar-refractivity contribution in [1.29, 1.82) is 0 Å². The van der Waals surface area contributed by atoms with E-state index >= 15 is 0 Å². The van der Waals surface area contributed by atoms with Gasteiger partial charge in [-0.05, 0) is 12.1 Å². The van der Waals surface area contributed by atoms with Crippen molar-refractivity contribution in [3.05, 3.63) is 35.4 Å². The van der Waals surface area contributed by atoms with E-state index < -0.39 is 24.3 Å². The van der Waals surface area contributed by atoms with Crippen LogP contribution in [0.15, 0.2) is 24.3 Å². The maximum Gasteiger partial charge on any atom is 0.256 e. The molecule has 14 heteroatoms. The first-order chi connectivity index (χ1) is 20.7. The lowest BCUT2D eigenvalue weighted by Crippen LogP contribution is -2.40. The monoisotopic (exact) mass is 596 g/mol. The number of amides is 4. The lowest BCUT2D eigenvalue weighted by molar-refractivity contribution is -0.120. The van der Waals surface area contributed by atoms with Gasteiger partial charge in [0.2, 0.25) is 11.8 Å². The third-order valence-electron chi connectivity index (χ3n) is 8.07. The molecule has 14 nitrogen and oxygen atoms in total. The van der Waals surface area contributed by atoms with Gasteiger partial charge in [-0.3, -0.25) is 19.2 Å². The Labute approximate surface area is 246 Å². The molecule has 4 aliphatic heterocycles. The van der Waals surface area contributed by atoms with Crippen molar-refractivity contribution < 1.29 is 48.3 Å². The van der Waals surface area contributed by atoms with E-state index in [1.165, 1.54) is 36.2 Å². The molecule has 43 heavy (non-hydrogen) atoms. The molecule has 4 heterocycles. The number of carbonyl (C=O) groups is 4. The van der Waals surface area contributed by atoms with E-state index in [0.29, 0.717) is 40.8 Å². The second kappa shape index (κ2) is 11.3. The maximum atomic E-state index is 13.1. The Balaban J connectivity index is 1.11. The van der Waals surface area contributed by atoms with Crippen LogP contribution < -0.4 is 29.6 Å². The molecular formula is C29H32N4O10. The summed E-state index contributed by atoms with van der Waals surface area (Å²) >= 11 is 0. The van der Waals surface area contributed by atoms with E-state index in [-0.39, 0.29) is 73.9 Å². The van der Waals surface area contributed by atoms with E-state index in [1.54, 1.807) is 12.1 Å². The van der Waals surface area contributed by atoms with Crippen LogP contribution in [0.5, 0.6) is 23.0 Å². The van der Waals surface area contributed by atoms with Gasteiger partial charge in [-0.15, -0.1) is 0 Å². The Bertz CT molecular complexity index is 1390. The van der Waals surface area contributed by atoms with Crippen molar-refractivity contribution in [2.75, 3.05) is 51.2 Å². The van der Waals surface area contributed by atoms with Crippen LogP contribution in [0.2, 0.25) is 0 Å². The highest BCUT2D eigenvalue weighted by Crippen LogP contribution is 2.39. The second-order valence-electron chi connectivity index (χ2n) is 10.9. The fourth-order valence-electron chi connectivity index (χ4n) is 5.96. The molecule has 4 aliphatic rings. The highest BCUT2D eigenvalue weighted by atomic mass is 16.5. The van der Waals surface area contributed by atoms with Gasteiger partial charge in [-0.2, -0.15) is 0 Å². The standard InChI is InChI=1S/C29H32N4O10/c1-40-22-8-16-18(30-26(36)20-6-14(34)12-32(20)28(16)38)10-24(22)42-4-3-5-43-25-11-19-17(9-23(25)41-2)29(39)33-13-15(35)7-21(33)27(37)31-19/h8-11,14-15,20-21,34-35H,3-7,12-13H2,1-2H3,(H,30,36)(H,31,37)/t14-,15-,20+,21?/m1/s1. The Hall–Kier alpha value is -4.56. The Morgan fingerprint density at radius 1 is 0.698 bits per heavy atom. The number of carbonyl (C=O) groups excluding carboxylic acids is 4. The third kappa shape index (κ3) is 5.16. The first-order valence-corrected chi connectivity index (χ1v) is 14.0. The molecule has 0 radical (unpaired) electrons. The molecule has 1 unspecified atom stereocenters. The molecule has 0 spiro atoms. The molecule has 2 saturated heterocycles. The number of anilines is 2. The van der Waals surface area contributed by atoms with E-state index in [0.717, 1.165) is 0 Å². The first kappa shape index (κ1) is 28.6. The maximum absolute atomic E-state index is 13.1. The number of methoxy groups -OCH3 is 2. The van der Waals surface area contributed by atoms with E-state index in [2.05, 4.69) is 10.6 Å². The van der Waals surface area contributed by atoms with Crippen molar-refractivity contribution >= 4 is 35.0 Å². The summed E-state index contributed by atoms with van der Waals surface area (Å²) in [5.41, 5.74) is 1.09. The number of rotatable bonds is 8. The molecule has 2 fully saturated rings. The number of fused-ring (bicyclic) bond motifs is 4. The largest absolute Gasteiger partial charge is 0.493 e. The zero-order chi connectivity index (χ0) is 30.4. The van der Waals surface area contributed by atoms with Crippen molar-refractivity contribution in [2.45, 2.75) is 43.6 Å². The molecule has 228 valence electrons. The van der Waals surface area contributed by atoms with E-state index in [1.807, 2.05) is 0 Å². The molecule has 4 N–H and O–H groups in total. The number of benzene rings is 2. The van der Waals surface area contributed by atoms with E-state index in [9.17, 15) is 29.4 Å².